The smallest absolute Gasteiger partial charge is 0.329 e. The molecule has 0 bridgehead atoms. The van der Waals surface area contributed by atoms with Crippen LogP contribution >= 0.6 is 11.6 Å². The number of nitrogens with zero attached hydrogens (tertiary/aromatic N) is 3. The highest BCUT2D eigenvalue weighted by atomic mass is 35.5. The van der Waals surface area contributed by atoms with Gasteiger partial charge in [-0.25, -0.2) is 9.97 Å². The van der Waals surface area contributed by atoms with Gasteiger partial charge in [0.15, 0.2) is 0 Å². The van der Waals surface area contributed by atoms with Crippen molar-refractivity contribution in [1.82, 2.24) is 9.97 Å². The fourth-order valence-electron chi connectivity index (χ4n) is 1.77. The summed E-state index contributed by atoms with van der Waals surface area (Å²) in [4.78, 5) is 8.27. The van der Waals surface area contributed by atoms with Crippen molar-refractivity contribution in [3.05, 3.63) is 46.9 Å². The van der Waals surface area contributed by atoms with Crippen LogP contribution in [-0.4, -0.2) is 17.0 Å². The van der Waals surface area contributed by atoms with E-state index in [0.717, 1.165) is 11.3 Å². The third kappa shape index (κ3) is 3.01. The maximum Gasteiger partial charge on any atom is 0.451 e. The van der Waals surface area contributed by atoms with Crippen molar-refractivity contribution in [2.24, 2.45) is 0 Å². The van der Waals surface area contributed by atoms with Crippen molar-refractivity contribution >= 4 is 23.1 Å². The van der Waals surface area contributed by atoms with E-state index in [1.807, 2.05) is 19.1 Å². The Hall–Kier alpha value is -1.82. The number of rotatable bonds is 2. The summed E-state index contributed by atoms with van der Waals surface area (Å²) >= 11 is 5.65. The molecular formula is C13H11ClF3N3. The van der Waals surface area contributed by atoms with Crippen molar-refractivity contribution < 1.29 is 13.2 Å². The van der Waals surface area contributed by atoms with E-state index >= 15 is 0 Å². The highest BCUT2D eigenvalue weighted by molar-refractivity contribution is 6.29. The van der Waals surface area contributed by atoms with Gasteiger partial charge in [-0.05, 0) is 18.6 Å². The number of benzene rings is 1. The van der Waals surface area contributed by atoms with Gasteiger partial charge in [-0.1, -0.05) is 29.8 Å². The van der Waals surface area contributed by atoms with Crippen molar-refractivity contribution in [3.63, 3.8) is 0 Å². The molecule has 2 aromatic rings. The first-order valence-corrected chi connectivity index (χ1v) is 6.08. The molecule has 7 heteroatoms. The fourth-order valence-corrected chi connectivity index (χ4v) is 1.95. The number of halogens is 4. The molecule has 1 heterocycles. The van der Waals surface area contributed by atoms with Crippen LogP contribution in [0.3, 0.4) is 0 Å². The van der Waals surface area contributed by atoms with Gasteiger partial charge in [0.1, 0.15) is 11.0 Å². The SMILES string of the molecule is Cc1ccccc1N(C)c1cc(Cl)nc(C(F)(F)F)n1. The first-order chi connectivity index (χ1) is 9.29. The monoisotopic (exact) mass is 301 g/mol. The highest BCUT2D eigenvalue weighted by Crippen LogP contribution is 2.31. The molecule has 0 saturated heterocycles. The zero-order chi connectivity index (χ0) is 14.9. The third-order valence-corrected chi connectivity index (χ3v) is 2.95. The molecule has 0 aliphatic heterocycles. The average Bonchev–Trinajstić information content (AvgIpc) is 2.37. The largest absolute Gasteiger partial charge is 0.451 e. The Balaban J connectivity index is 2.48. The van der Waals surface area contributed by atoms with E-state index in [1.54, 1.807) is 19.2 Å². The molecule has 20 heavy (non-hydrogen) atoms. The highest BCUT2D eigenvalue weighted by Gasteiger charge is 2.35. The molecule has 0 unspecified atom stereocenters. The number of aryl methyl sites for hydroxylation is 1. The zero-order valence-electron chi connectivity index (χ0n) is 10.7. The Kier molecular flexibility index (Phi) is 3.85. The van der Waals surface area contributed by atoms with Crippen molar-refractivity contribution in [3.8, 4) is 0 Å². The minimum atomic E-state index is -4.63. The van der Waals surface area contributed by atoms with Crippen LogP contribution in [0.25, 0.3) is 0 Å². The van der Waals surface area contributed by atoms with E-state index in [2.05, 4.69) is 9.97 Å². The number of hydrogen-bond acceptors (Lipinski definition) is 3. The van der Waals surface area contributed by atoms with Gasteiger partial charge in [0.2, 0.25) is 5.82 Å². The van der Waals surface area contributed by atoms with E-state index in [0.29, 0.717) is 0 Å². The molecule has 0 saturated carbocycles. The van der Waals surface area contributed by atoms with E-state index in [1.165, 1.54) is 11.0 Å². The van der Waals surface area contributed by atoms with Crippen LogP contribution in [0.15, 0.2) is 30.3 Å². The third-order valence-electron chi connectivity index (χ3n) is 2.76. The second kappa shape index (κ2) is 5.28. The summed E-state index contributed by atoms with van der Waals surface area (Å²) in [6, 6.07) is 8.59. The summed E-state index contributed by atoms with van der Waals surface area (Å²) < 4.78 is 38.1. The van der Waals surface area contributed by atoms with Crippen LogP contribution in [-0.2, 0) is 6.18 Å². The van der Waals surface area contributed by atoms with Crippen LogP contribution in [0, 0.1) is 6.92 Å². The second-order valence-electron chi connectivity index (χ2n) is 4.22. The van der Waals surface area contributed by atoms with Gasteiger partial charge in [0.05, 0.1) is 0 Å². The fraction of sp³-hybridized carbons (Fsp3) is 0.231. The summed E-state index contributed by atoms with van der Waals surface area (Å²) in [6.07, 6.45) is -4.63. The average molecular weight is 302 g/mol. The summed E-state index contributed by atoms with van der Waals surface area (Å²) in [5, 5.41) is -0.247. The first-order valence-electron chi connectivity index (χ1n) is 5.70. The van der Waals surface area contributed by atoms with E-state index in [4.69, 9.17) is 11.6 Å². The summed E-state index contributed by atoms with van der Waals surface area (Å²) in [6.45, 7) is 1.86. The topological polar surface area (TPSA) is 29.0 Å². The van der Waals surface area contributed by atoms with Gasteiger partial charge in [-0.3, -0.25) is 0 Å². The van der Waals surface area contributed by atoms with E-state index in [-0.39, 0.29) is 11.0 Å². The van der Waals surface area contributed by atoms with Gasteiger partial charge >= 0.3 is 6.18 Å². The lowest BCUT2D eigenvalue weighted by molar-refractivity contribution is -0.144. The van der Waals surface area contributed by atoms with Gasteiger partial charge < -0.3 is 4.90 Å². The van der Waals surface area contributed by atoms with Crippen molar-refractivity contribution in [1.29, 1.82) is 0 Å². The minimum absolute atomic E-state index is 0.0895. The van der Waals surface area contributed by atoms with Crippen LogP contribution in [0.4, 0.5) is 24.7 Å². The molecule has 3 nitrogen and oxygen atoms in total. The summed E-state index contributed by atoms with van der Waals surface area (Å²) in [5.41, 5.74) is 1.66. The van der Waals surface area contributed by atoms with Gasteiger partial charge in [0.25, 0.3) is 0 Å². The predicted molar refractivity (Wildman–Crippen MR) is 71.3 cm³/mol. The lowest BCUT2D eigenvalue weighted by Crippen LogP contribution is -2.17. The number of hydrogen-bond donors (Lipinski definition) is 0. The molecule has 0 amide bonds. The molecule has 0 aliphatic carbocycles. The van der Waals surface area contributed by atoms with E-state index < -0.39 is 12.0 Å². The molecule has 1 aromatic heterocycles. The van der Waals surface area contributed by atoms with E-state index in [9.17, 15) is 13.2 Å². The number of para-hydroxylation sites is 1. The lowest BCUT2D eigenvalue weighted by Gasteiger charge is -2.21. The molecule has 0 spiro atoms. The Morgan fingerprint density at radius 3 is 2.40 bits per heavy atom. The number of alkyl halides is 3. The van der Waals surface area contributed by atoms with Crippen LogP contribution in [0.1, 0.15) is 11.4 Å². The minimum Gasteiger partial charge on any atom is -0.329 e. The maximum atomic E-state index is 12.7. The standard InChI is InChI=1S/C13H11ClF3N3/c1-8-5-3-4-6-9(8)20(2)11-7-10(14)18-12(19-11)13(15,16)17/h3-7H,1-2H3. The Morgan fingerprint density at radius 2 is 1.80 bits per heavy atom. The molecule has 2 rings (SSSR count). The van der Waals surface area contributed by atoms with Crippen LogP contribution in [0.2, 0.25) is 5.15 Å². The molecule has 0 atom stereocenters. The Labute approximate surface area is 119 Å². The van der Waals surface area contributed by atoms with Gasteiger partial charge in [0, 0.05) is 18.8 Å². The first kappa shape index (κ1) is 14.6. The molecule has 0 N–H and O–H groups in total. The number of aromatic nitrogens is 2. The molecule has 0 fully saturated rings. The zero-order valence-corrected chi connectivity index (χ0v) is 11.5. The van der Waals surface area contributed by atoms with Crippen molar-refractivity contribution in [2.45, 2.75) is 13.1 Å². The van der Waals surface area contributed by atoms with Crippen LogP contribution in [0.5, 0.6) is 0 Å². The van der Waals surface area contributed by atoms with Crippen LogP contribution < -0.4 is 4.90 Å². The molecule has 0 aliphatic rings. The maximum absolute atomic E-state index is 12.7. The Bertz CT molecular complexity index is 628. The van der Waals surface area contributed by atoms with Crippen molar-refractivity contribution in [2.75, 3.05) is 11.9 Å². The molecular weight excluding hydrogens is 291 g/mol. The second-order valence-corrected chi connectivity index (χ2v) is 4.60. The molecule has 106 valence electrons. The quantitative estimate of drug-likeness (QED) is 0.778. The molecule has 0 radical (unpaired) electrons. The Morgan fingerprint density at radius 1 is 1.15 bits per heavy atom. The molecule has 1 aromatic carbocycles. The normalized spacial score (nSPS) is 11.5. The predicted octanol–water partition coefficient (Wildman–Crippen LogP) is 4.23. The summed E-state index contributed by atoms with van der Waals surface area (Å²) in [5.74, 6) is -1.16. The van der Waals surface area contributed by atoms with Gasteiger partial charge in [-0.15, -0.1) is 0 Å². The number of anilines is 2. The van der Waals surface area contributed by atoms with Gasteiger partial charge in [-0.2, -0.15) is 13.2 Å². The summed E-state index contributed by atoms with van der Waals surface area (Å²) in [7, 11) is 1.63. The lowest BCUT2D eigenvalue weighted by atomic mass is 10.2.